The van der Waals surface area contributed by atoms with E-state index in [0.29, 0.717) is 0 Å². The molecule has 1 nitrogen and oxygen atoms in total. The van der Waals surface area contributed by atoms with E-state index in [0.717, 1.165) is 0 Å². The quantitative estimate of drug-likeness (QED) is 0.610. The van der Waals surface area contributed by atoms with Crippen LogP contribution in [0, 0.1) is 6.92 Å². The van der Waals surface area contributed by atoms with Crippen molar-refractivity contribution in [1.82, 2.24) is 4.57 Å². The van der Waals surface area contributed by atoms with Crippen molar-refractivity contribution in [1.29, 1.82) is 0 Å². The first-order chi connectivity index (χ1) is 8.84. The summed E-state index contributed by atoms with van der Waals surface area (Å²) in [4.78, 5) is 0. The Morgan fingerprint density at radius 2 is 1.61 bits per heavy atom. The highest BCUT2D eigenvalue weighted by Gasteiger charge is 2.01. The van der Waals surface area contributed by atoms with Crippen molar-refractivity contribution in [3.63, 3.8) is 0 Å². The number of nitrogens with zero attached hydrogens (tertiary/aromatic N) is 1. The molecule has 0 saturated heterocycles. The minimum absolute atomic E-state index is 1.22. The van der Waals surface area contributed by atoms with Crippen molar-refractivity contribution in [3.8, 4) is 0 Å². The van der Waals surface area contributed by atoms with Gasteiger partial charge in [0.15, 0.2) is 0 Å². The van der Waals surface area contributed by atoms with Crippen LogP contribution in [-0.4, -0.2) is 4.57 Å². The zero-order valence-corrected chi connectivity index (χ0v) is 10.4. The van der Waals surface area contributed by atoms with Gasteiger partial charge >= 0.3 is 0 Å². The number of benzene rings is 2. The summed E-state index contributed by atoms with van der Waals surface area (Å²) >= 11 is 0. The van der Waals surface area contributed by atoms with Crippen molar-refractivity contribution >= 4 is 23.2 Å². The van der Waals surface area contributed by atoms with E-state index in [-0.39, 0.29) is 0 Å². The third kappa shape index (κ3) is 1.95. The molecule has 0 amide bonds. The van der Waals surface area contributed by atoms with Crippen LogP contribution >= 0.6 is 0 Å². The third-order valence-electron chi connectivity index (χ3n) is 3.17. The van der Waals surface area contributed by atoms with Gasteiger partial charge in [-0.3, -0.25) is 0 Å². The Balaban J connectivity index is 2.03. The molecule has 0 aliphatic rings. The molecule has 0 saturated carbocycles. The Labute approximate surface area is 107 Å². The van der Waals surface area contributed by atoms with E-state index in [1.807, 2.05) is 6.07 Å². The normalized spacial score (nSPS) is 11.4. The van der Waals surface area contributed by atoms with Gasteiger partial charge in [0.2, 0.25) is 0 Å². The lowest BCUT2D eigenvalue weighted by molar-refractivity contribution is 1.22. The third-order valence-corrected chi connectivity index (χ3v) is 3.17. The molecule has 0 atom stereocenters. The van der Waals surface area contributed by atoms with Gasteiger partial charge in [-0.05, 0) is 30.2 Å². The van der Waals surface area contributed by atoms with Crippen LogP contribution in [0.4, 0.5) is 0 Å². The van der Waals surface area contributed by atoms with E-state index in [1.165, 1.54) is 22.0 Å². The summed E-state index contributed by atoms with van der Waals surface area (Å²) < 4.78 is 2.18. The van der Waals surface area contributed by atoms with Crippen LogP contribution in [-0.2, 0) is 0 Å². The Bertz CT molecular complexity index is 690. The lowest BCUT2D eigenvalue weighted by atomic mass is 10.2. The molecule has 0 aliphatic carbocycles. The van der Waals surface area contributed by atoms with E-state index in [9.17, 15) is 0 Å². The van der Waals surface area contributed by atoms with Crippen molar-refractivity contribution < 1.29 is 0 Å². The van der Waals surface area contributed by atoms with Crippen molar-refractivity contribution in [2.24, 2.45) is 0 Å². The predicted molar refractivity (Wildman–Crippen MR) is 78.3 cm³/mol. The van der Waals surface area contributed by atoms with Gasteiger partial charge in [-0.15, -0.1) is 0 Å². The van der Waals surface area contributed by atoms with Crippen LogP contribution in [0.15, 0.2) is 60.8 Å². The number of hydrogen-bond donors (Lipinski definition) is 0. The Morgan fingerprint density at radius 1 is 0.889 bits per heavy atom. The topological polar surface area (TPSA) is 4.93 Å². The first kappa shape index (κ1) is 10.8. The number of aromatic nitrogens is 1. The molecule has 3 rings (SSSR count). The fourth-order valence-corrected chi connectivity index (χ4v) is 2.23. The van der Waals surface area contributed by atoms with Gasteiger partial charge in [-0.1, -0.05) is 48.5 Å². The largest absolute Gasteiger partial charge is 0.323 e. The molecule has 18 heavy (non-hydrogen) atoms. The Morgan fingerprint density at radius 3 is 2.44 bits per heavy atom. The summed E-state index contributed by atoms with van der Waals surface area (Å²) in [7, 11) is 0. The second-order valence-corrected chi connectivity index (χ2v) is 4.46. The van der Waals surface area contributed by atoms with Crippen LogP contribution < -0.4 is 0 Å². The molecule has 0 aliphatic heterocycles. The molecular weight excluding hydrogens is 218 g/mol. The number of hydrogen-bond acceptors (Lipinski definition) is 0. The first-order valence-electron chi connectivity index (χ1n) is 6.14. The molecule has 3 aromatic rings. The molecule has 0 fully saturated rings. The summed E-state index contributed by atoms with van der Waals surface area (Å²) in [5.41, 5.74) is 3.78. The van der Waals surface area contributed by atoms with Crippen molar-refractivity contribution in [3.05, 3.63) is 71.9 Å². The minimum atomic E-state index is 1.22. The SMILES string of the molecule is Cc1cn(/C=C/c2ccccc2)c2ccccc12. The molecule has 0 N–H and O–H groups in total. The van der Waals surface area contributed by atoms with E-state index < -0.39 is 0 Å². The van der Waals surface area contributed by atoms with Crippen LogP contribution in [0.5, 0.6) is 0 Å². The fourth-order valence-electron chi connectivity index (χ4n) is 2.23. The second-order valence-electron chi connectivity index (χ2n) is 4.46. The summed E-state index contributed by atoms with van der Waals surface area (Å²) in [6, 6.07) is 18.8. The summed E-state index contributed by atoms with van der Waals surface area (Å²) in [5.74, 6) is 0. The standard InChI is InChI=1S/C17H15N/c1-14-13-18(17-10-6-5-9-16(14)17)12-11-15-7-3-2-4-8-15/h2-13H,1H3/b12-11+. The van der Waals surface area contributed by atoms with E-state index in [4.69, 9.17) is 0 Å². The van der Waals surface area contributed by atoms with Gasteiger partial charge in [-0.25, -0.2) is 0 Å². The molecule has 0 radical (unpaired) electrons. The van der Waals surface area contributed by atoms with Gasteiger partial charge in [0.1, 0.15) is 0 Å². The molecule has 0 unspecified atom stereocenters. The average Bonchev–Trinajstić information content (AvgIpc) is 2.75. The number of fused-ring (bicyclic) bond motifs is 1. The highest BCUT2D eigenvalue weighted by Crippen LogP contribution is 2.20. The summed E-state index contributed by atoms with van der Waals surface area (Å²) in [6.45, 7) is 2.15. The fraction of sp³-hybridized carbons (Fsp3) is 0.0588. The lowest BCUT2D eigenvalue weighted by Crippen LogP contribution is -1.82. The van der Waals surface area contributed by atoms with Crippen molar-refractivity contribution in [2.75, 3.05) is 0 Å². The number of para-hydroxylation sites is 1. The monoisotopic (exact) mass is 233 g/mol. The minimum Gasteiger partial charge on any atom is -0.323 e. The maximum Gasteiger partial charge on any atom is 0.0525 e. The van der Waals surface area contributed by atoms with Crippen LogP contribution in [0.25, 0.3) is 23.2 Å². The maximum absolute atomic E-state index is 2.18. The van der Waals surface area contributed by atoms with Gasteiger partial charge in [0, 0.05) is 17.8 Å². The van der Waals surface area contributed by atoms with Crippen LogP contribution in [0.1, 0.15) is 11.1 Å². The smallest absolute Gasteiger partial charge is 0.0525 e. The lowest BCUT2D eigenvalue weighted by Gasteiger charge is -1.97. The molecular formula is C17H15N. The predicted octanol–water partition coefficient (Wildman–Crippen LogP) is 4.58. The van der Waals surface area contributed by atoms with Crippen LogP contribution in [0.3, 0.4) is 0 Å². The number of rotatable bonds is 2. The molecule has 1 heterocycles. The zero-order chi connectivity index (χ0) is 12.4. The maximum atomic E-state index is 2.18. The first-order valence-corrected chi connectivity index (χ1v) is 6.14. The van der Waals surface area contributed by atoms with Gasteiger partial charge in [0.25, 0.3) is 0 Å². The van der Waals surface area contributed by atoms with E-state index >= 15 is 0 Å². The Hall–Kier alpha value is -2.28. The summed E-state index contributed by atoms with van der Waals surface area (Å²) in [5, 5.41) is 1.32. The molecule has 0 spiro atoms. The van der Waals surface area contributed by atoms with Crippen molar-refractivity contribution in [2.45, 2.75) is 6.92 Å². The highest BCUT2D eigenvalue weighted by atomic mass is 14.9. The molecule has 1 heteroatoms. The average molecular weight is 233 g/mol. The van der Waals surface area contributed by atoms with Crippen LogP contribution in [0.2, 0.25) is 0 Å². The van der Waals surface area contributed by atoms with E-state index in [1.54, 1.807) is 0 Å². The highest BCUT2D eigenvalue weighted by molar-refractivity contribution is 5.86. The number of aryl methyl sites for hydroxylation is 1. The van der Waals surface area contributed by atoms with Gasteiger partial charge in [0.05, 0.1) is 5.52 Å². The molecule has 1 aromatic heterocycles. The molecule has 2 aromatic carbocycles. The second kappa shape index (κ2) is 4.53. The molecule has 0 bridgehead atoms. The van der Waals surface area contributed by atoms with E-state index in [2.05, 4.69) is 78.5 Å². The van der Waals surface area contributed by atoms with Gasteiger partial charge < -0.3 is 4.57 Å². The Kier molecular flexibility index (Phi) is 2.73. The molecule has 88 valence electrons. The van der Waals surface area contributed by atoms with Gasteiger partial charge in [-0.2, -0.15) is 0 Å². The zero-order valence-electron chi connectivity index (χ0n) is 10.4. The summed E-state index contributed by atoms with van der Waals surface area (Å²) in [6.07, 6.45) is 6.42.